The maximum absolute atomic E-state index is 12.2. The quantitative estimate of drug-likeness (QED) is 0.908. The Morgan fingerprint density at radius 3 is 2.83 bits per heavy atom. The second-order valence-electron chi connectivity index (χ2n) is 6.58. The zero-order chi connectivity index (χ0) is 17.0. The van der Waals surface area contributed by atoms with E-state index >= 15 is 0 Å². The summed E-state index contributed by atoms with van der Waals surface area (Å²) < 4.78 is 9.25. The van der Waals surface area contributed by atoms with Gasteiger partial charge in [0.2, 0.25) is 0 Å². The average Bonchev–Trinajstić information content (AvgIpc) is 3.11. The number of likely N-dealkylation sites (tertiary alicyclic amines) is 1. The molecule has 1 N–H and O–H groups in total. The number of rotatable bonds is 4. The lowest BCUT2D eigenvalue weighted by Gasteiger charge is -2.28. The van der Waals surface area contributed by atoms with E-state index in [9.17, 15) is 9.59 Å². The molecule has 1 fully saturated rings. The van der Waals surface area contributed by atoms with E-state index in [1.165, 1.54) is 0 Å². The molecular formula is C15H24N4O3S. The lowest BCUT2D eigenvalue weighted by molar-refractivity contribution is 0.0225. The number of aromatic nitrogens is 2. The Bertz CT molecular complexity index is 567. The van der Waals surface area contributed by atoms with Gasteiger partial charge in [-0.15, -0.1) is 5.10 Å². The lowest BCUT2D eigenvalue weighted by Crippen LogP contribution is -2.45. The molecule has 2 heterocycles. The average molecular weight is 340 g/mol. The van der Waals surface area contributed by atoms with Gasteiger partial charge >= 0.3 is 6.09 Å². The van der Waals surface area contributed by atoms with E-state index in [2.05, 4.69) is 14.9 Å². The first-order chi connectivity index (χ1) is 10.8. The molecule has 0 saturated carbocycles. The highest BCUT2D eigenvalue weighted by Crippen LogP contribution is 2.20. The summed E-state index contributed by atoms with van der Waals surface area (Å²) in [5.41, 5.74) is 0.195. The maximum Gasteiger partial charge on any atom is 0.410 e. The monoisotopic (exact) mass is 340 g/mol. The van der Waals surface area contributed by atoms with Crippen LogP contribution in [0.25, 0.3) is 0 Å². The molecule has 0 bridgehead atoms. The fourth-order valence-corrected chi connectivity index (χ4v) is 3.18. The highest BCUT2D eigenvalue weighted by molar-refractivity contribution is 7.08. The third-order valence-corrected chi connectivity index (χ3v) is 4.37. The molecule has 128 valence electrons. The van der Waals surface area contributed by atoms with E-state index in [1.54, 1.807) is 4.90 Å². The first kappa shape index (κ1) is 17.7. The van der Waals surface area contributed by atoms with Crippen molar-refractivity contribution in [1.29, 1.82) is 0 Å². The van der Waals surface area contributed by atoms with Crippen LogP contribution in [0.15, 0.2) is 0 Å². The normalized spacial score (nSPS) is 18.1. The maximum atomic E-state index is 12.2. The Kier molecular flexibility index (Phi) is 5.56. The van der Waals surface area contributed by atoms with Crippen molar-refractivity contribution in [2.24, 2.45) is 0 Å². The Morgan fingerprint density at radius 1 is 1.43 bits per heavy atom. The van der Waals surface area contributed by atoms with Crippen LogP contribution in [-0.2, 0) is 11.2 Å². The van der Waals surface area contributed by atoms with Crippen molar-refractivity contribution in [2.75, 3.05) is 13.1 Å². The zero-order valence-electron chi connectivity index (χ0n) is 14.1. The minimum absolute atomic E-state index is 0.0280. The second kappa shape index (κ2) is 7.25. The number of aryl methyl sites for hydroxylation is 1. The summed E-state index contributed by atoms with van der Waals surface area (Å²) in [5, 5.41) is 6.83. The number of hydrogen-bond donors (Lipinski definition) is 1. The smallest absolute Gasteiger partial charge is 0.410 e. The molecule has 1 aromatic rings. The fraction of sp³-hybridized carbons (Fsp3) is 0.733. The number of nitrogens with zero attached hydrogens (tertiary/aromatic N) is 3. The van der Waals surface area contributed by atoms with Gasteiger partial charge in [-0.1, -0.05) is 11.4 Å². The van der Waals surface area contributed by atoms with E-state index in [0.717, 1.165) is 24.4 Å². The summed E-state index contributed by atoms with van der Waals surface area (Å²) in [5.74, 6) is -0.173. The molecule has 23 heavy (non-hydrogen) atoms. The number of ether oxygens (including phenoxy) is 1. The highest BCUT2D eigenvalue weighted by atomic mass is 32.1. The Labute approximate surface area is 140 Å². The molecule has 1 aliphatic heterocycles. The summed E-state index contributed by atoms with van der Waals surface area (Å²) in [6.45, 7) is 8.56. The van der Waals surface area contributed by atoms with Crippen LogP contribution in [0.1, 0.15) is 55.9 Å². The van der Waals surface area contributed by atoms with Crippen LogP contribution >= 0.6 is 11.5 Å². The van der Waals surface area contributed by atoms with Gasteiger partial charge in [-0.05, 0) is 51.6 Å². The van der Waals surface area contributed by atoms with Crippen molar-refractivity contribution in [3.8, 4) is 0 Å². The summed E-state index contributed by atoms with van der Waals surface area (Å²) >= 11 is 1.10. The number of hydrogen-bond acceptors (Lipinski definition) is 6. The molecule has 8 heteroatoms. The van der Waals surface area contributed by atoms with Crippen LogP contribution in [0.2, 0.25) is 0 Å². The number of carbonyl (C=O) groups is 2. The molecule has 1 aromatic heterocycles. The van der Waals surface area contributed by atoms with E-state index in [0.29, 0.717) is 30.1 Å². The topological polar surface area (TPSA) is 84.4 Å². The van der Waals surface area contributed by atoms with Gasteiger partial charge in [0.05, 0.1) is 11.7 Å². The lowest BCUT2D eigenvalue weighted by atomic mass is 10.2. The number of amides is 2. The summed E-state index contributed by atoms with van der Waals surface area (Å²) in [7, 11) is 0. The summed E-state index contributed by atoms with van der Waals surface area (Å²) in [4.78, 5) is 26.7. The van der Waals surface area contributed by atoms with Crippen molar-refractivity contribution in [1.82, 2.24) is 19.8 Å². The van der Waals surface area contributed by atoms with Crippen LogP contribution in [0, 0.1) is 0 Å². The third-order valence-electron chi connectivity index (χ3n) is 3.60. The third kappa shape index (κ3) is 4.63. The van der Waals surface area contributed by atoms with Crippen LogP contribution in [0.4, 0.5) is 4.79 Å². The molecular weight excluding hydrogens is 316 g/mol. The largest absolute Gasteiger partial charge is 0.444 e. The molecule has 0 aromatic carbocycles. The molecule has 0 radical (unpaired) electrons. The molecule has 1 aliphatic rings. The van der Waals surface area contributed by atoms with Crippen molar-refractivity contribution >= 4 is 23.5 Å². The first-order valence-electron chi connectivity index (χ1n) is 7.91. The minimum Gasteiger partial charge on any atom is -0.444 e. The highest BCUT2D eigenvalue weighted by Gasteiger charge is 2.32. The number of carbonyl (C=O) groups excluding carboxylic acids is 2. The van der Waals surface area contributed by atoms with Gasteiger partial charge in [-0.25, -0.2) is 4.79 Å². The standard InChI is InChI=1S/C15H24N4O3S/c1-5-11-12(23-18-17-11)13(20)16-9-10-7-6-8-19(10)14(21)22-15(2,3)4/h10H,5-9H2,1-4H3,(H,16,20)/t10-/m0/s1. The SMILES string of the molecule is CCc1nnsc1C(=O)NC[C@@H]1CCCN1C(=O)OC(C)(C)C. The van der Waals surface area contributed by atoms with Gasteiger partial charge in [0, 0.05) is 13.1 Å². The van der Waals surface area contributed by atoms with Gasteiger partial charge < -0.3 is 15.0 Å². The van der Waals surface area contributed by atoms with E-state index < -0.39 is 5.60 Å². The molecule has 1 saturated heterocycles. The van der Waals surface area contributed by atoms with Crippen molar-refractivity contribution in [3.05, 3.63) is 10.6 Å². The molecule has 1 atom stereocenters. The van der Waals surface area contributed by atoms with Crippen LogP contribution < -0.4 is 5.32 Å². The van der Waals surface area contributed by atoms with Crippen LogP contribution in [0.5, 0.6) is 0 Å². The van der Waals surface area contributed by atoms with Crippen molar-refractivity contribution in [2.45, 2.75) is 58.6 Å². The molecule has 7 nitrogen and oxygen atoms in total. The zero-order valence-corrected chi connectivity index (χ0v) is 14.9. The summed E-state index contributed by atoms with van der Waals surface area (Å²) in [6, 6.07) is -0.0280. The van der Waals surface area contributed by atoms with Gasteiger partial charge in [0.25, 0.3) is 5.91 Å². The van der Waals surface area contributed by atoms with Gasteiger partial charge in [-0.2, -0.15) is 0 Å². The van der Waals surface area contributed by atoms with Crippen molar-refractivity contribution < 1.29 is 14.3 Å². The van der Waals surface area contributed by atoms with Crippen molar-refractivity contribution in [3.63, 3.8) is 0 Å². The Balaban J connectivity index is 1.91. The predicted molar refractivity (Wildman–Crippen MR) is 87.6 cm³/mol. The fourth-order valence-electron chi connectivity index (χ4n) is 2.51. The Hall–Kier alpha value is -1.70. The van der Waals surface area contributed by atoms with E-state index in [4.69, 9.17) is 4.74 Å². The number of nitrogens with one attached hydrogen (secondary N) is 1. The van der Waals surface area contributed by atoms with Crippen LogP contribution in [0.3, 0.4) is 0 Å². The van der Waals surface area contributed by atoms with Gasteiger partial charge in [0.15, 0.2) is 0 Å². The molecule has 2 amide bonds. The molecule has 2 rings (SSSR count). The predicted octanol–water partition coefficient (Wildman–Crippen LogP) is 2.23. The summed E-state index contributed by atoms with van der Waals surface area (Å²) in [6.07, 6.45) is 2.14. The van der Waals surface area contributed by atoms with E-state index in [-0.39, 0.29) is 18.0 Å². The second-order valence-corrected chi connectivity index (χ2v) is 7.34. The Morgan fingerprint density at radius 2 is 2.17 bits per heavy atom. The minimum atomic E-state index is -0.516. The molecule has 0 aliphatic carbocycles. The van der Waals surface area contributed by atoms with Gasteiger partial charge in [-0.3, -0.25) is 4.79 Å². The van der Waals surface area contributed by atoms with Crippen LogP contribution in [-0.4, -0.2) is 51.2 Å². The van der Waals surface area contributed by atoms with Gasteiger partial charge in [0.1, 0.15) is 10.5 Å². The first-order valence-corrected chi connectivity index (χ1v) is 8.68. The van der Waals surface area contributed by atoms with E-state index in [1.807, 2.05) is 27.7 Å². The molecule has 0 unspecified atom stereocenters. The molecule has 0 spiro atoms.